The Kier molecular flexibility index (Phi) is 69.7. The molecule has 0 spiro atoms. The van der Waals surface area contributed by atoms with Gasteiger partial charge in [-0.25, -0.2) is 0 Å². The van der Waals surface area contributed by atoms with E-state index >= 15 is 0 Å². The summed E-state index contributed by atoms with van der Waals surface area (Å²) in [5.41, 5.74) is 0. The first kappa shape index (κ1) is 36.7. The Morgan fingerprint density at radius 2 is 1.10 bits per heavy atom. The summed E-state index contributed by atoms with van der Waals surface area (Å²) in [6, 6.07) is 0. The predicted octanol–water partition coefficient (Wildman–Crippen LogP) is -16.5. The van der Waals surface area contributed by atoms with Gasteiger partial charge in [-0.1, -0.05) is 0 Å². The minimum Gasteiger partial charge on any atom is -1.00 e. The minimum atomic E-state index is -4.89. The molecular weight excluding hydrogens is 251 g/mol. The van der Waals surface area contributed by atoms with Crippen LogP contribution in [-0.4, -0.2) is 9.79 Å². The predicted molar refractivity (Wildman–Crippen MR) is 12.0 cm³/mol. The van der Waals surface area contributed by atoms with Gasteiger partial charge in [0.05, 0.1) is 0 Å². The van der Waals surface area contributed by atoms with E-state index < -0.39 is 7.82 Å². The standard InChI is InChI=1S/2ClH.K.2Na.H3O4P/c;;;;;1-5(2,3)4/h2*1H;;;;(H3,1,2,3,4)/q;;3*+1;/p-3. The first-order valence-corrected chi connectivity index (χ1v) is 2.30. The quantitative estimate of drug-likeness (QED) is 0.332. The molecule has 48 valence electrons. The Labute approximate surface area is 158 Å². The van der Waals surface area contributed by atoms with Gasteiger partial charge in [-0.3, -0.25) is 4.57 Å². The second-order valence-electron chi connectivity index (χ2n) is 0.491. The van der Waals surface area contributed by atoms with E-state index in [1.54, 1.807) is 0 Å². The van der Waals surface area contributed by atoms with E-state index in [4.69, 9.17) is 19.2 Å². The van der Waals surface area contributed by atoms with Crippen molar-refractivity contribution in [1.29, 1.82) is 0 Å². The second kappa shape index (κ2) is 19.0. The molecule has 0 heterocycles. The molecule has 0 rings (SSSR count). The molecule has 0 bridgehead atoms. The van der Waals surface area contributed by atoms with Gasteiger partial charge >= 0.3 is 110 Å². The van der Waals surface area contributed by atoms with E-state index in [1.165, 1.54) is 0 Å². The number of hydrogen-bond acceptors (Lipinski definition) is 2. The zero-order valence-corrected chi connectivity index (χ0v) is 15.4. The van der Waals surface area contributed by atoms with Crippen molar-refractivity contribution >= 4 is 7.82 Å². The van der Waals surface area contributed by atoms with Gasteiger partial charge in [0.25, 0.3) is 7.82 Å². The molecule has 0 saturated carbocycles. The zero-order chi connectivity index (χ0) is 4.50. The molecule has 0 aliphatic carbocycles. The monoisotopic (exact) mass is 252 g/mol. The van der Waals surface area contributed by atoms with Crippen molar-refractivity contribution in [1.82, 2.24) is 0 Å². The summed E-state index contributed by atoms with van der Waals surface area (Å²) in [4.78, 5) is 22.9. The third kappa shape index (κ3) is 84.5. The van der Waals surface area contributed by atoms with Crippen LogP contribution in [-0.2, 0) is 4.57 Å². The van der Waals surface area contributed by atoms with Gasteiger partial charge in [0.1, 0.15) is 0 Å². The molecule has 0 amide bonds. The van der Waals surface area contributed by atoms with Gasteiger partial charge in [0.15, 0.2) is 0 Å². The number of hydrogen-bond donors (Lipinski definition) is 2. The Balaban J connectivity index is -0.00000000800. The van der Waals surface area contributed by atoms with Gasteiger partial charge in [0, 0.05) is 0 Å². The molecule has 10 heteroatoms. The van der Waals surface area contributed by atoms with E-state index in [2.05, 4.69) is 0 Å². The molecule has 4 nitrogen and oxygen atoms in total. The van der Waals surface area contributed by atoms with Gasteiger partial charge in [0.2, 0.25) is 0 Å². The number of halogens is 2. The topological polar surface area (TPSA) is 80.6 Å². The fourth-order valence-corrected chi connectivity index (χ4v) is 0. The Bertz CT molecular complexity index is 67.4. The van der Waals surface area contributed by atoms with Crippen molar-refractivity contribution < 1.29 is 155 Å². The van der Waals surface area contributed by atoms with Crippen molar-refractivity contribution in [3.05, 3.63) is 0 Å². The molecule has 0 aliphatic heterocycles. The average Bonchev–Trinajstić information content (AvgIpc) is 0.722. The molecule has 0 saturated heterocycles. The Morgan fingerprint density at radius 3 is 1.10 bits per heavy atom. The third-order valence-electron chi connectivity index (χ3n) is 0. The van der Waals surface area contributed by atoms with Crippen LogP contribution in [0.1, 0.15) is 0 Å². The van der Waals surface area contributed by atoms with Gasteiger partial charge in [-0.2, -0.15) is 0 Å². The van der Waals surface area contributed by atoms with E-state index in [9.17, 15) is 0 Å². The first-order chi connectivity index (χ1) is 2.00. The van der Waals surface area contributed by atoms with Crippen LogP contribution in [0, 0.1) is 0 Å². The Hall–Kier alpha value is 4.33. The summed E-state index contributed by atoms with van der Waals surface area (Å²) in [7, 11) is -4.89. The average molecular weight is 253 g/mol. The van der Waals surface area contributed by atoms with Crippen LogP contribution >= 0.6 is 7.82 Å². The fraction of sp³-hybridized carbons (Fsp3) is 0. The van der Waals surface area contributed by atoms with Crippen LogP contribution in [0.5, 0.6) is 0 Å². The molecule has 0 atom stereocenters. The van der Waals surface area contributed by atoms with Crippen LogP contribution in [0.3, 0.4) is 0 Å². The van der Waals surface area contributed by atoms with Crippen molar-refractivity contribution in [2.45, 2.75) is 0 Å². The molecule has 10 heavy (non-hydrogen) atoms. The van der Waals surface area contributed by atoms with Gasteiger partial charge in [-0.05, 0) is 0 Å². The van der Waals surface area contributed by atoms with Crippen LogP contribution < -0.4 is 140 Å². The summed E-state index contributed by atoms with van der Waals surface area (Å²) in [6.07, 6.45) is 0. The van der Waals surface area contributed by atoms with E-state index in [0.29, 0.717) is 0 Å². The SMILES string of the molecule is O=P([O-])(O)O.[Cl-].[Cl-].[K+].[Na+].[Na+]. The van der Waals surface area contributed by atoms with E-state index in [-0.39, 0.29) is 135 Å². The van der Waals surface area contributed by atoms with Crippen LogP contribution in [0.15, 0.2) is 0 Å². The molecule has 0 aromatic carbocycles. The molecule has 0 aromatic heterocycles. The summed E-state index contributed by atoms with van der Waals surface area (Å²) in [5.74, 6) is 0. The van der Waals surface area contributed by atoms with Crippen molar-refractivity contribution in [3.8, 4) is 0 Å². The molecular formula is H2Cl2KNa2O4P. The largest absolute Gasteiger partial charge is 1.00 e. The normalized spacial score (nSPS) is 5.90. The maximum atomic E-state index is 8.77. The number of phosphoric acid groups is 1. The van der Waals surface area contributed by atoms with Crippen molar-refractivity contribution in [3.63, 3.8) is 0 Å². The maximum Gasteiger partial charge on any atom is 1.00 e. The molecule has 2 N–H and O–H groups in total. The van der Waals surface area contributed by atoms with Crippen LogP contribution in [0.4, 0.5) is 0 Å². The summed E-state index contributed by atoms with van der Waals surface area (Å²) >= 11 is 0. The summed E-state index contributed by atoms with van der Waals surface area (Å²) in [6.45, 7) is 0. The second-order valence-corrected chi connectivity index (χ2v) is 1.47. The Morgan fingerprint density at radius 1 is 1.10 bits per heavy atom. The first-order valence-electron chi connectivity index (χ1n) is 0.765. The molecule has 0 aromatic rings. The molecule has 0 fully saturated rings. The fourth-order valence-electron chi connectivity index (χ4n) is 0. The van der Waals surface area contributed by atoms with E-state index in [1.807, 2.05) is 0 Å². The third-order valence-corrected chi connectivity index (χ3v) is 0. The smallest absolute Gasteiger partial charge is 1.00 e. The summed E-state index contributed by atoms with van der Waals surface area (Å²) in [5, 5.41) is 0. The summed E-state index contributed by atoms with van der Waals surface area (Å²) < 4.78 is 8.77. The zero-order valence-electron chi connectivity index (χ0n) is 5.91. The molecule has 0 aliphatic rings. The van der Waals surface area contributed by atoms with Crippen molar-refractivity contribution in [2.75, 3.05) is 0 Å². The minimum absolute atomic E-state index is 0. The molecule has 0 radical (unpaired) electrons. The van der Waals surface area contributed by atoms with E-state index in [0.717, 1.165) is 0 Å². The van der Waals surface area contributed by atoms with Gasteiger partial charge in [-0.15, -0.1) is 0 Å². The maximum absolute atomic E-state index is 8.77. The molecule has 0 unspecified atom stereocenters. The van der Waals surface area contributed by atoms with Crippen LogP contribution in [0.25, 0.3) is 0 Å². The number of rotatable bonds is 0. The van der Waals surface area contributed by atoms with Gasteiger partial charge < -0.3 is 39.5 Å². The van der Waals surface area contributed by atoms with Crippen LogP contribution in [0.2, 0.25) is 0 Å². The van der Waals surface area contributed by atoms with Crippen molar-refractivity contribution in [2.24, 2.45) is 0 Å².